The van der Waals surface area contributed by atoms with Gasteiger partial charge in [-0.05, 0) is 36.5 Å². The standard InChI is InChI=1S/C15H25NO/c1-11(2)10-17-14-8-6-13(7-9-14)15(5,16)12(3)4/h6-9,11-12H,10,16H2,1-5H3. The Labute approximate surface area is 105 Å². The van der Waals surface area contributed by atoms with Crippen molar-refractivity contribution < 1.29 is 4.74 Å². The van der Waals surface area contributed by atoms with Gasteiger partial charge in [0.1, 0.15) is 5.75 Å². The molecule has 1 unspecified atom stereocenters. The highest BCUT2D eigenvalue weighted by molar-refractivity contribution is 5.31. The van der Waals surface area contributed by atoms with E-state index in [1.54, 1.807) is 0 Å². The average molecular weight is 235 g/mol. The van der Waals surface area contributed by atoms with Gasteiger partial charge in [-0.15, -0.1) is 0 Å². The zero-order valence-corrected chi connectivity index (χ0v) is 11.7. The van der Waals surface area contributed by atoms with E-state index in [9.17, 15) is 0 Å². The van der Waals surface area contributed by atoms with Gasteiger partial charge < -0.3 is 10.5 Å². The third-order valence-electron chi connectivity index (χ3n) is 3.26. The molecule has 0 radical (unpaired) electrons. The lowest BCUT2D eigenvalue weighted by molar-refractivity contribution is 0.270. The van der Waals surface area contributed by atoms with E-state index >= 15 is 0 Å². The summed E-state index contributed by atoms with van der Waals surface area (Å²) in [7, 11) is 0. The number of rotatable bonds is 5. The van der Waals surface area contributed by atoms with Crippen molar-refractivity contribution in [2.45, 2.75) is 40.2 Å². The minimum absolute atomic E-state index is 0.281. The smallest absolute Gasteiger partial charge is 0.119 e. The van der Waals surface area contributed by atoms with Gasteiger partial charge in [0.2, 0.25) is 0 Å². The minimum atomic E-state index is -0.281. The maximum absolute atomic E-state index is 6.31. The molecule has 0 aliphatic heterocycles. The molecule has 0 amide bonds. The first-order chi connectivity index (χ1) is 7.84. The van der Waals surface area contributed by atoms with Crippen LogP contribution in [0.25, 0.3) is 0 Å². The first-order valence-corrected chi connectivity index (χ1v) is 6.36. The molecule has 0 heterocycles. The van der Waals surface area contributed by atoms with Crippen molar-refractivity contribution in [3.63, 3.8) is 0 Å². The van der Waals surface area contributed by atoms with Crippen LogP contribution in [0.2, 0.25) is 0 Å². The van der Waals surface area contributed by atoms with Crippen LogP contribution in [-0.4, -0.2) is 6.61 Å². The Balaban J connectivity index is 2.74. The lowest BCUT2D eigenvalue weighted by Gasteiger charge is -2.29. The van der Waals surface area contributed by atoms with Crippen molar-refractivity contribution in [2.24, 2.45) is 17.6 Å². The van der Waals surface area contributed by atoms with Crippen molar-refractivity contribution >= 4 is 0 Å². The molecule has 2 heteroatoms. The van der Waals surface area contributed by atoms with E-state index < -0.39 is 0 Å². The monoisotopic (exact) mass is 235 g/mol. The van der Waals surface area contributed by atoms with Crippen LogP contribution in [0.5, 0.6) is 5.75 Å². The van der Waals surface area contributed by atoms with Gasteiger partial charge in [0.25, 0.3) is 0 Å². The number of hydrogen-bond acceptors (Lipinski definition) is 2. The second-order valence-electron chi connectivity index (χ2n) is 5.67. The Morgan fingerprint density at radius 3 is 2.06 bits per heavy atom. The molecule has 1 aromatic rings. The number of hydrogen-bond donors (Lipinski definition) is 1. The molecule has 96 valence electrons. The average Bonchev–Trinajstić information content (AvgIpc) is 2.26. The lowest BCUT2D eigenvalue weighted by Crippen LogP contribution is -2.38. The van der Waals surface area contributed by atoms with E-state index in [1.807, 2.05) is 12.1 Å². The van der Waals surface area contributed by atoms with Gasteiger partial charge in [0, 0.05) is 5.54 Å². The van der Waals surface area contributed by atoms with E-state index in [0.717, 1.165) is 17.9 Å². The maximum atomic E-state index is 6.31. The van der Waals surface area contributed by atoms with Crippen LogP contribution in [0.1, 0.15) is 40.2 Å². The van der Waals surface area contributed by atoms with Crippen molar-refractivity contribution in [3.05, 3.63) is 29.8 Å². The summed E-state index contributed by atoms with van der Waals surface area (Å²) in [5, 5.41) is 0. The van der Waals surface area contributed by atoms with Crippen LogP contribution < -0.4 is 10.5 Å². The molecular formula is C15H25NO. The quantitative estimate of drug-likeness (QED) is 0.847. The van der Waals surface area contributed by atoms with Crippen molar-refractivity contribution in [3.8, 4) is 5.75 Å². The van der Waals surface area contributed by atoms with Crippen molar-refractivity contribution in [2.75, 3.05) is 6.61 Å². The highest BCUT2D eigenvalue weighted by Crippen LogP contribution is 2.27. The van der Waals surface area contributed by atoms with Gasteiger partial charge in [0.05, 0.1) is 6.61 Å². The molecule has 0 spiro atoms. The van der Waals surface area contributed by atoms with Gasteiger partial charge in [-0.1, -0.05) is 39.8 Å². The summed E-state index contributed by atoms with van der Waals surface area (Å²) in [4.78, 5) is 0. The fourth-order valence-electron chi connectivity index (χ4n) is 1.51. The molecule has 1 rings (SSSR count). The van der Waals surface area contributed by atoms with Gasteiger partial charge in [-0.3, -0.25) is 0 Å². The first-order valence-electron chi connectivity index (χ1n) is 6.36. The molecule has 17 heavy (non-hydrogen) atoms. The first kappa shape index (κ1) is 14.0. The number of nitrogens with two attached hydrogens (primary N) is 1. The fraction of sp³-hybridized carbons (Fsp3) is 0.600. The number of benzene rings is 1. The van der Waals surface area contributed by atoms with Gasteiger partial charge in [-0.2, -0.15) is 0 Å². The molecule has 2 nitrogen and oxygen atoms in total. The molecule has 0 bridgehead atoms. The number of ether oxygens (including phenoxy) is 1. The molecular weight excluding hydrogens is 210 g/mol. The van der Waals surface area contributed by atoms with Crippen LogP contribution in [0.15, 0.2) is 24.3 Å². The molecule has 1 atom stereocenters. The van der Waals surface area contributed by atoms with Crippen LogP contribution in [0.3, 0.4) is 0 Å². The fourth-order valence-corrected chi connectivity index (χ4v) is 1.51. The molecule has 0 fully saturated rings. The molecule has 0 aromatic heterocycles. The Hall–Kier alpha value is -1.02. The largest absolute Gasteiger partial charge is 0.493 e. The van der Waals surface area contributed by atoms with Crippen molar-refractivity contribution in [1.29, 1.82) is 0 Å². The second kappa shape index (κ2) is 5.54. The Bertz CT molecular complexity index is 338. The van der Waals surface area contributed by atoms with Crippen LogP contribution in [-0.2, 0) is 5.54 Å². The van der Waals surface area contributed by atoms with Crippen LogP contribution >= 0.6 is 0 Å². The molecule has 0 saturated carbocycles. The summed E-state index contributed by atoms with van der Waals surface area (Å²) in [6, 6.07) is 8.14. The molecule has 0 aliphatic carbocycles. The highest BCUT2D eigenvalue weighted by Gasteiger charge is 2.24. The Morgan fingerprint density at radius 2 is 1.65 bits per heavy atom. The zero-order chi connectivity index (χ0) is 13.1. The minimum Gasteiger partial charge on any atom is -0.493 e. The molecule has 1 aromatic carbocycles. The molecule has 0 saturated heterocycles. The molecule has 2 N–H and O–H groups in total. The van der Waals surface area contributed by atoms with Crippen LogP contribution in [0, 0.1) is 11.8 Å². The Kier molecular flexibility index (Phi) is 4.58. The molecule has 0 aliphatic rings. The highest BCUT2D eigenvalue weighted by atomic mass is 16.5. The summed E-state index contributed by atoms with van der Waals surface area (Å²) in [6.07, 6.45) is 0. The topological polar surface area (TPSA) is 35.2 Å². The predicted molar refractivity (Wildman–Crippen MR) is 73.2 cm³/mol. The van der Waals surface area contributed by atoms with E-state index in [1.165, 1.54) is 0 Å². The third kappa shape index (κ3) is 3.74. The van der Waals surface area contributed by atoms with E-state index in [0.29, 0.717) is 11.8 Å². The maximum Gasteiger partial charge on any atom is 0.119 e. The summed E-state index contributed by atoms with van der Waals surface area (Å²) in [5.74, 6) is 1.87. The summed E-state index contributed by atoms with van der Waals surface area (Å²) in [5.41, 5.74) is 7.19. The summed E-state index contributed by atoms with van der Waals surface area (Å²) < 4.78 is 5.65. The van der Waals surface area contributed by atoms with Crippen LogP contribution in [0.4, 0.5) is 0 Å². The SMILES string of the molecule is CC(C)COc1ccc(C(C)(N)C(C)C)cc1. The van der Waals surface area contributed by atoms with E-state index in [2.05, 4.69) is 46.8 Å². The third-order valence-corrected chi connectivity index (χ3v) is 3.26. The zero-order valence-electron chi connectivity index (χ0n) is 11.7. The normalized spacial score (nSPS) is 15.1. The Morgan fingerprint density at radius 1 is 1.12 bits per heavy atom. The predicted octanol–water partition coefficient (Wildman–Crippen LogP) is 3.55. The summed E-state index contributed by atoms with van der Waals surface area (Å²) in [6.45, 7) is 11.4. The summed E-state index contributed by atoms with van der Waals surface area (Å²) >= 11 is 0. The van der Waals surface area contributed by atoms with E-state index in [4.69, 9.17) is 10.5 Å². The van der Waals surface area contributed by atoms with Gasteiger partial charge in [-0.25, -0.2) is 0 Å². The lowest BCUT2D eigenvalue weighted by atomic mass is 9.83. The van der Waals surface area contributed by atoms with Crippen molar-refractivity contribution in [1.82, 2.24) is 0 Å². The van der Waals surface area contributed by atoms with Gasteiger partial charge >= 0.3 is 0 Å². The van der Waals surface area contributed by atoms with Gasteiger partial charge in [0.15, 0.2) is 0 Å². The second-order valence-corrected chi connectivity index (χ2v) is 5.67. The van der Waals surface area contributed by atoms with E-state index in [-0.39, 0.29) is 5.54 Å².